The van der Waals surface area contributed by atoms with Gasteiger partial charge in [-0.15, -0.1) is 0 Å². The number of rotatable bonds is 6. The number of carboxylic acids is 1. The van der Waals surface area contributed by atoms with Gasteiger partial charge in [-0.3, -0.25) is 9.59 Å². The third kappa shape index (κ3) is 6.05. The van der Waals surface area contributed by atoms with Gasteiger partial charge in [0.1, 0.15) is 23.6 Å². The summed E-state index contributed by atoms with van der Waals surface area (Å²) in [6.07, 6.45) is 0.791. The number of hydrogen-bond acceptors (Lipinski definition) is 4. The summed E-state index contributed by atoms with van der Waals surface area (Å²) in [6, 6.07) is 22.4. The number of nitrogens with one attached hydrogen (secondary N) is 1. The van der Waals surface area contributed by atoms with E-state index in [-0.39, 0.29) is 5.82 Å². The van der Waals surface area contributed by atoms with E-state index >= 15 is 0 Å². The summed E-state index contributed by atoms with van der Waals surface area (Å²) >= 11 is 0. The van der Waals surface area contributed by atoms with Gasteiger partial charge in [0.05, 0.1) is 0 Å². The minimum Gasteiger partial charge on any atom is -0.489 e. The van der Waals surface area contributed by atoms with Crippen molar-refractivity contribution in [3.8, 4) is 5.75 Å². The Kier molecular flexibility index (Phi) is 6.87. The van der Waals surface area contributed by atoms with Crippen LogP contribution in [0, 0.1) is 11.2 Å². The summed E-state index contributed by atoms with van der Waals surface area (Å²) in [6.45, 7) is 0.467. The lowest BCUT2D eigenvalue weighted by Gasteiger charge is -2.11. The normalized spacial score (nSPS) is 13.3. The molecule has 0 heterocycles. The predicted molar refractivity (Wildman–Crippen MR) is 116 cm³/mol. The highest BCUT2D eigenvalue weighted by Crippen LogP contribution is 2.46. The van der Waals surface area contributed by atoms with Crippen molar-refractivity contribution in [3.05, 3.63) is 90.2 Å². The molecule has 0 spiro atoms. The molecule has 160 valence electrons. The van der Waals surface area contributed by atoms with Gasteiger partial charge in [0.2, 0.25) is 5.91 Å². The number of aliphatic carboxylic acids is 1. The minimum absolute atomic E-state index is 0.251. The van der Waals surface area contributed by atoms with Crippen LogP contribution in [0.1, 0.15) is 18.4 Å². The molecular formula is C24H23FN2O4. The van der Waals surface area contributed by atoms with Crippen LogP contribution in [0.15, 0.2) is 78.9 Å². The highest BCUT2D eigenvalue weighted by molar-refractivity contribution is 6.10. The van der Waals surface area contributed by atoms with E-state index in [9.17, 15) is 14.0 Å². The fourth-order valence-corrected chi connectivity index (χ4v) is 2.75. The topological polar surface area (TPSA) is 102 Å². The average molecular weight is 422 g/mol. The number of carbonyl (C=O) groups is 2. The fraction of sp³-hybridized carbons (Fsp3) is 0.167. The maximum Gasteiger partial charge on any atom is 0.319 e. The third-order valence-electron chi connectivity index (χ3n) is 4.82. The molecule has 1 saturated carbocycles. The van der Waals surface area contributed by atoms with E-state index in [4.69, 9.17) is 15.6 Å². The predicted octanol–water partition coefficient (Wildman–Crippen LogP) is 4.48. The molecule has 3 aromatic carbocycles. The number of halogens is 1. The van der Waals surface area contributed by atoms with Gasteiger partial charge >= 0.3 is 5.97 Å². The highest BCUT2D eigenvalue weighted by atomic mass is 19.1. The van der Waals surface area contributed by atoms with Crippen LogP contribution in [0.3, 0.4) is 0 Å². The van der Waals surface area contributed by atoms with E-state index in [1.807, 2.05) is 30.3 Å². The zero-order chi connectivity index (χ0) is 22.3. The fourth-order valence-electron chi connectivity index (χ4n) is 2.75. The van der Waals surface area contributed by atoms with E-state index in [0.29, 0.717) is 36.6 Å². The number of nitrogen functional groups attached to an aromatic ring is 1. The van der Waals surface area contributed by atoms with Crippen LogP contribution >= 0.6 is 0 Å². The van der Waals surface area contributed by atoms with Gasteiger partial charge in [0, 0.05) is 11.4 Å². The number of hydrogen-bond donors (Lipinski definition) is 3. The van der Waals surface area contributed by atoms with Gasteiger partial charge in [0.15, 0.2) is 0 Å². The van der Waals surface area contributed by atoms with Crippen LogP contribution in [0.4, 0.5) is 15.8 Å². The van der Waals surface area contributed by atoms with E-state index < -0.39 is 17.3 Å². The Labute approximate surface area is 179 Å². The van der Waals surface area contributed by atoms with E-state index in [1.54, 1.807) is 24.3 Å². The number of carboxylic acid groups (broad SMARTS) is 1. The van der Waals surface area contributed by atoms with Crippen molar-refractivity contribution in [3.63, 3.8) is 0 Å². The summed E-state index contributed by atoms with van der Waals surface area (Å²) in [5, 5.41) is 11.7. The molecule has 1 aliphatic rings. The van der Waals surface area contributed by atoms with Gasteiger partial charge in [-0.1, -0.05) is 30.3 Å². The molecule has 0 aliphatic heterocycles. The van der Waals surface area contributed by atoms with Gasteiger partial charge in [-0.05, 0) is 66.9 Å². The first-order valence-electron chi connectivity index (χ1n) is 9.72. The van der Waals surface area contributed by atoms with Crippen LogP contribution in [0.2, 0.25) is 0 Å². The van der Waals surface area contributed by atoms with Crippen LogP contribution in [0.5, 0.6) is 5.75 Å². The molecule has 6 nitrogen and oxygen atoms in total. The van der Waals surface area contributed by atoms with Gasteiger partial charge in [-0.2, -0.15) is 0 Å². The molecule has 4 N–H and O–H groups in total. The Morgan fingerprint density at radius 2 is 1.58 bits per heavy atom. The largest absolute Gasteiger partial charge is 0.489 e. The van der Waals surface area contributed by atoms with Crippen molar-refractivity contribution in [2.75, 3.05) is 11.1 Å². The number of anilines is 2. The van der Waals surface area contributed by atoms with Crippen molar-refractivity contribution in [2.45, 2.75) is 19.4 Å². The second kappa shape index (κ2) is 9.75. The first kappa shape index (κ1) is 21.8. The van der Waals surface area contributed by atoms with Crippen molar-refractivity contribution in [2.24, 2.45) is 5.41 Å². The molecule has 0 radical (unpaired) electrons. The summed E-state index contributed by atoms with van der Waals surface area (Å²) in [4.78, 5) is 23.1. The first-order valence-corrected chi connectivity index (χ1v) is 9.72. The van der Waals surface area contributed by atoms with Crippen molar-refractivity contribution < 1.29 is 23.8 Å². The molecule has 0 atom stereocenters. The zero-order valence-electron chi connectivity index (χ0n) is 16.8. The molecule has 0 bridgehead atoms. The standard InChI is InChI=1S/C18H17NO4.C6H6FN/c20-16(18(10-11-18)17(21)22)19-14-6-8-15(9-7-14)23-12-13-4-2-1-3-5-13;7-5-1-3-6(8)4-2-5/h1-9H,10-12H2,(H,19,20)(H,21,22);1-4H,8H2. The lowest BCUT2D eigenvalue weighted by Crippen LogP contribution is -2.31. The molecule has 0 aromatic heterocycles. The molecule has 0 saturated heterocycles. The zero-order valence-corrected chi connectivity index (χ0v) is 16.8. The second-order valence-corrected chi connectivity index (χ2v) is 7.19. The molecule has 7 heteroatoms. The van der Waals surface area contributed by atoms with E-state index in [2.05, 4.69) is 5.32 Å². The maximum atomic E-state index is 12.0. The van der Waals surface area contributed by atoms with Gasteiger partial charge < -0.3 is 20.9 Å². The Morgan fingerprint density at radius 1 is 0.968 bits per heavy atom. The van der Waals surface area contributed by atoms with Crippen molar-refractivity contribution >= 4 is 23.3 Å². The monoisotopic (exact) mass is 422 g/mol. The maximum absolute atomic E-state index is 12.0. The number of ether oxygens (including phenoxy) is 1. The molecule has 1 amide bonds. The van der Waals surface area contributed by atoms with E-state index in [0.717, 1.165) is 5.56 Å². The second-order valence-electron chi connectivity index (χ2n) is 7.19. The summed E-state index contributed by atoms with van der Waals surface area (Å²) in [5.74, 6) is -1.08. The summed E-state index contributed by atoms with van der Waals surface area (Å²) in [5.41, 5.74) is 6.25. The van der Waals surface area contributed by atoms with Crippen molar-refractivity contribution in [1.82, 2.24) is 0 Å². The first-order chi connectivity index (χ1) is 14.9. The van der Waals surface area contributed by atoms with Crippen LogP contribution < -0.4 is 15.8 Å². The molecule has 1 aliphatic carbocycles. The quantitative estimate of drug-likeness (QED) is 0.402. The Balaban J connectivity index is 0.000000287. The highest BCUT2D eigenvalue weighted by Gasteiger charge is 2.57. The van der Waals surface area contributed by atoms with Crippen LogP contribution in [0.25, 0.3) is 0 Å². The molecule has 3 aromatic rings. The molecule has 0 unspecified atom stereocenters. The molecule has 4 rings (SSSR count). The smallest absolute Gasteiger partial charge is 0.319 e. The Morgan fingerprint density at radius 3 is 2.10 bits per heavy atom. The molecule has 31 heavy (non-hydrogen) atoms. The SMILES string of the molecule is Nc1ccc(F)cc1.O=C(O)C1(C(=O)Nc2ccc(OCc3ccccc3)cc2)CC1. The molecule has 1 fully saturated rings. The van der Waals surface area contributed by atoms with Gasteiger partial charge in [0.25, 0.3) is 0 Å². The minimum atomic E-state index is -1.23. The van der Waals surface area contributed by atoms with Crippen molar-refractivity contribution in [1.29, 1.82) is 0 Å². The summed E-state index contributed by atoms with van der Waals surface area (Å²) < 4.78 is 17.7. The van der Waals surface area contributed by atoms with Crippen LogP contribution in [-0.4, -0.2) is 17.0 Å². The third-order valence-corrected chi connectivity index (χ3v) is 4.82. The van der Waals surface area contributed by atoms with Gasteiger partial charge in [-0.25, -0.2) is 4.39 Å². The lowest BCUT2D eigenvalue weighted by molar-refractivity contribution is -0.147. The number of carbonyl (C=O) groups excluding carboxylic acids is 1. The van der Waals surface area contributed by atoms with Crippen LogP contribution in [-0.2, 0) is 16.2 Å². The summed E-state index contributed by atoms with van der Waals surface area (Å²) in [7, 11) is 0. The average Bonchev–Trinajstić information content (AvgIpc) is 3.59. The number of nitrogens with two attached hydrogens (primary N) is 1. The number of benzene rings is 3. The Bertz CT molecular complexity index is 997. The molecular weight excluding hydrogens is 399 g/mol. The Hall–Kier alpha value is -3.87. The van der Waals surface area contributed by atoms with E-state index in [1.165, 1.54) is 24.3 Å². The lowest BCUT2D eigenvalue weighted by atomic mass is 10.1. The number of amides is 1.